The van der Waals surface area contributed by atoms with Crippen molar-refractivity contribution in [2.45, 2.75) is 24.1 Å². The van der Waals surface area contributed by atoms with Gasteiger partial charge in [-0.15, -0.1) is 6.42 Å². The predicted molar refractivity (Wildman–Crippen MR) is 98.3 cm³/mol. The van der Waals surface area contributed by atoms with Gasteiger partial charge in [0.2, 0.25) is 11.4 Å². The number of nitrogens with one attached hydrogen (secondary N) is 1. The summed E-state index contributed by atoms with van der Waals surface area (Å²) in [6.45, 7) is -1.30. The van der Waals surface area contributed by atoms with Crippen molar-refractivity contribution in [3.05, 3.63) is 27.1 Å². The molecule has 1 aromatic heterocycles. The molecule has 32 heavy (non-hydrogen) atoms. The molecule has 2 heterocycles. The van der Waals surface area contributed by atoms with Gasteiger partial charge in [0.25, 0.3) is 5.56 Å². The highest BCUT2D eigenvalue weighted by atomic mass is 32.1. The lowest BCUT2D eigenvalue weighted by Gasteiger charge is -2.25. The summed E-state index contributed by atoms with van der Waals surface area (Å²) in [7, 11) is -17.1. The summed E-state index contributed by atoms with van der Waals surface area (Å²) < 4.78 is 78.3. The van der Waals surface area contributed by atoms with Crippen LogP contribution in [0.4, 0.5) is 8.78 Å². The maximum atomic E-state index is 14.8. The van der Waals surface area contributed by atoms with Crippen molar-refractivity contribution in [1.82, 2.24) is 9.55 Å². The van der Waals surface area contributed by atoms with Gasteiger partial charge in [0.05, 0.1) is 12.8 Å². The van der Waals surface area contributed by atoms with E-state index in [2.05, 4.69) is 13.1 Å². The molecule has 0 spiro atoms. The Labute approximate surface area is 181 Å². The molecular weight excluding hydrogens is 531 g/mol. The third kappa shape index (κ3) is 6.25. The van der Waals surface area contributed by atoms with Crippen molar-refractivity contribution >= 4 is 35.7 Å². The summed E-state index contributed by atoms with van der Waals surface area (Å²) in [5.41, 5.74) is -4.11. The van der Waals surface area contributed by atoms with Gasteiger partial charge in [-0.1, -0.05) is 5.92 Å². The summed E-state index contributed by atoms with van der Waals surface area (Å²) >= 11 is 4.78. The van der Waals surface area contributed by atoms with Crippen molar-refractivity contribution in [3.63, 3.8) is 0 Å². The largest absolute Gasteiger partial charge is 0.490 e. The Morgan fingerprint density at radius 2 is 1.88 bits per heavy atom. The first kappa shape index (κ1) is 27.1. The topological polar surface area (TPSA) is 227 Å². The number of terminal acetylenes is 1. The van der Waals surface area contributed by atoms with Gasteiger partial charge in [-0.2, -0.15) is 13.0 Å². The minimum atomic E-state index is -5.83. The molecule has 2 rings (SSSR count). The van der Waals surface area contributed by atoms with E-state index in [1.54, 1.807) is 5.92 Å². The van der Waals surface area contributed by atoms with Crippen molar-refractivity contribution in [2.75, 3.05) is 6.61 Å². The molecule has 1 aliphatic heterocycles. The van der Waals surface area contributed by atoms with Crippen molar-refractivity contribution in [1.29, 1.82) is 0 Å². The number of ether oxygens (including phenoxy) is 1. The van der Waals surface area contributed by atoms with Gasteiger partial charge < -0.3 is 29.4 Å². The fourth-order valence-electron chi connectivity index (χ4n) is 2.42. The highest BCUT2D eigenvalue weighted by Crippen LogP contribution is 2.66. The Hall–Kier alpha value is -1.15. The first-order valence-electron chi connectivity index (χ1n) is 7.70. The van der Waals surface area contributed by atoms with Crippen LogP contribution >= 0.6 is 35.7 Å². The molecule has 1 aliphatic rings. The summed E-state index contributed by atoms with van der Waals surface area (Å²) in [5.74, 6) is 0.247. The van der Waals surface area contributed by atoms with Gasteiger partial charge in [-0.25, -0.2) is 18.1 Å². The minimum absolute atomic E-state index is 0.450. The number of H-pyrrole nitrogens is 1. The first-order chi connectivity index (χ1) is 14.4. The van der Waals surface area contributed by atoms with E-state index < -0.39 is 70.3 Å². The average molecular weight is 544 g/mol. The van der Waals surface area contributed by atoms with Crippen LogP contribution in [0.1, 0.15) is 6.23 Å². The standard InChI is InChI=1S/C11H13F2N2O13P3S/c1-2-11(17)7(13)6(26-9(11)15-3-5(12)8(16)14-10(15)32)4-25-30(21,22)28-31(23,24)27-29(18,19)20/h1,3,6-7,9,17H,4H2,(H,21,22)(H,23,24)(H,14,16,32)(H2,18,19,20)/t6-,7?,9-,11-/m1/s1. The van der Waals surface area contributed by atoms with Gasteiger partial charge >= 0.3 is 23.5 Å². The number of hydrogen-bond acceptors (Lipinski definition) is 10. The third-order valence-electron chi connectivity index (χ3n) is 3.65. The van der Waals surface area contributed by atoms with E-state index in [1.165, 1.54) is 0 Å². The van der Waals surface area contributed by atoms with E-state index in [-0.39, 0.29) is 0 Å². The lowest BCUT2D eigenvalue weighted by Crippen LogP contribution is -2.44. The van der Waals surface area contributed by atoms with Crippen LogP contribution in [0.15, 0.2) is 11.0 Å². The first-order valence-corrected chi connectivity index (χ1v) is 12.6. The van der Waals surface area contributed by atoms with E-state index in [0.717, 1.165) is 0 Å². The van der Waals surface area contributed by atoms with Crippen LogP contribution < -0.4 is 5.56 Å². The number of nitrogens with zero attached hydrogens (tertiary/aromatic N) is 1. The number of phosphoric ester groups is 1. The highest BCUT2D eigenvalue weighted by Gasteiger charge is 2.57. The van der Waals surface area contributed by atoms with Gasteiger partial charge in [0, 0.05) is 0 Å². The summed E-state index contributed by atoms with van der Waals surface area (Å²) in [6.07, 6.45) is -0.992. The van der Waals surface area contributed by atoms with Crippen LogP contribution in [-0.4, -0.2) is 58.7 Å². The zero-order chi connectivity index (χ0) is 24.7. The van der Waals surface area contributed by atoms with Crippen molar-refractivity contribution in [3.8, 4) is 12.3 Å². The number of hydrogen-bond donors (Lipinski definition) is 6. The molecule has 6 atom stereocenters. The fraction of sp³-hybridized carbons (Fsp3) is 0.455. The maximum Gasteiger partial charge on any atom is 0.490 e. The molecule has 6 N–H and O–H groups in total. The third-order valence-corrected chi connectivity index (χ3v) is 7.77. The highest BCUT2D eigenvalue weighted by molar-refractivity contribution is 7.71. The number of aromatic nitrogens is 2. The molecule has 180 valence electrons. The minimum Gasteiger partial charge on any atom is -0.371 e. The second kappa shape index (κ2) is 9.24. The molecule has 0 radical (unpaired) electrons. The summed E-state index contributed by atoms with van der Waals surface area (Å²) in [6, 6.07) is 0. The second-order valence-electron chi connectivity index (χ2n) is 5.93. The number of halogens is 2. The monoisotopic (exact) mass is 544 g/mol. The van der Waals surface area contributed by atoms with Crippen LogP contribution in [0, 0.1) is 22.9 Å². The van der Waals surface area contributed by atoms with Crippen molar-refractivity contribution < 1.29 is 65.0 Å². The second-order valence-corrected chi connectivity index (χ2v) is 10.7. The van der Waals surface area contributed by atoms with E-state index in [1.807, 2.05) is 4.98 Å². The van der Waals surface area contributed by atoms with Crippen LogP contribution in [0.3, 0.4) is 0 Å². The zero-order valence-electron chi connectivity index (χ0n) is 15.0. The number of aliphatic hydroxyl groups is 1. The molecule has 0 aliphatic carbocycles. The van der Waals surface area contributed by atoms with E-state index in [4.69, 9.17) is 38.1 Å². The van der Waals surface area contributed by atoms with Crippen LogP contribution in [-0.2, 0) is 31.6 Å². The van der Waals surface area contributed by atoms with Crippen molar-refractivity contribution in [2.24, 2.45) is 0 Å². The fourth-order valence-corrected chi connectivity index (χ4v) is 5.69. The van der Waals surface area contributed by atoms with Crippen LogP contribution in [0.5, 0.6) is 0 Å². The molecule has 1 aromatic rings. The molecule has 0 amide bonds. The summed E-state index contributed by atoms with van der Waals surface area (Å²) in [5, 5.41) is 10.5. The Bertz CT molecular complexity index is 1190. The zero-order valence-corrected chi connectivity index (χ0v) is 18.5. The number of alkyl halides is 1. The molecule has 0 saturated carbocycles. The molecule has 21 heteroatoms. The lowest BCUT2D eigenvalue weighted by atomic mass is 9.96. The van der Waals surface area contributed by atoms with Crippen LogP contribution in [0.2, 0.25) is 0 Å². The molecule has 3 unspecified atom stereocenters. The van der Waals surface area contributed by atoms with Gasteiger partial charge in [-0.05, 0) is 12.2 Å². The molecule has 0 bridgehead atoms. The number of rotatable bonds is 8. The normalized spacial score (nSPS) is 29.8. The number of phosphoric acid groups is 3. The van der Waals surface area contributed by atoms with E-state index in [9.17, 15) is 37.3 Å². The SMILES string of the molecule is C#C[C@@]1(O)C(F)[C@@H](COP(=O)(O)OP(=O)(O)OP(=O)(O)O)O[C@H]1n1cc(F)c(=O)[nH]c1=S. The Morgan fingerprint density at radius 3 is 2.41 bits per heavy atom. The molecular formula is C11H13F2N2O13P3S. The Kier molecular flexibility index (Phi) is 7.83. The molecule has 1 saturated heterocycles. The Balaban J connectivity index is 2.23. The van der Waals surface area contributed by atoms with Gasteiger partial charge in [-0.3, -0.25) is 18.9 Å². The van der Waals surface area contributed by atoms with Crippen LogP contribution in [0.25, 0.3) is 0 Å². The Morgan fingerprint density at radius 1 is 1.28 bits per heavy atom. The van der Waals surface area contributed by atoms with E-state index in [0.29, 0.717) is 10.8 Å². The molecule has 1 fully saturated rings. The quantitative estimate of drug-likeness (QED) is 0.144. The summed E-state index contributed by atoms with van der Waals surface area (Å²) in [4.78, 5) is 48.5. The van der Waals surface area contributed by atoms with Gasteiger partial charge in [0.15, 0.2) is 17.2 Å². The molecule has 15 nitrogen and oxygen atoms in total. The predicted octanol–water partition coefficient (Wildman–Crippen LogP) is -0.0119. The van der Waals surface area contributed by atoms with E-state index >= 15 is 0 Å². The van der Waals surface area contributed by atoms with Gasteiger partial charge in [0.1, 0.15) is 6.10 Å². The lowest BCUT2D eigenvalue weighted by molar-refractivity contribution is -0.0739. The maximum absolute atomic E-state index is 14.8. The molecule has 0 aromatic carbocycles. The average Bonchev–Trinajstić information content (AvgIpc) is 2.85. The smallest absolute Gasteiger partial charge is 0.371 e. The number of aromatic amines is 1.